The maximum Gasteiger partial charge on any atom is 0.394 e. The predicted octanol–water partition coefficient (Wildman–Crippen LogP) is 14.1. The number of nitrogens with zero attached hydrogens (tertiary/aromatic N) is 10. The summed E-state index contributed by atoms with van der Waals surface area (Å²) in [5.41, 5.74) is 15.4. The molecule has 0 aliphatic carbocycles. The van der Waals surface area contributed by atoms with Crippen LogP contribution in [0.5, 0.6) is 11.5 Å². The first-order valence-electron chi connectivity index (χ1n) is 25.6. The molecule has 12 aromatic rings. The SMILES string of the molecule is BrBr.CCOC(=O)/C=C(\C)Nc1cn[nH]c1.Cc1cc(=O)c2[nH]ncc2[nH]1.Cc1cc(Cl)c2[nH]ncc2n1.Cc1cc(Cl)c2n[nH]c(Br)c2n1.Nc1cn[nH]c1.O=P(Cl)(Cl)Cl.O=S(=O)(O)O.O=[N+]([O-])c1cn[nH]c1.ONOO.[HH].c1ccc(Oc2ccccc2)cc1.c1cn[nH]c1. The third-order valence-electron chi connectivity index (χ3n) is 9.45. The fourth-order valence-electron chi connectivity index (χ4n) is 6.02. The molecule has 0 bridgehead atoms. The minimum Gasteiger partial charge on any atom is -0.463 e. The van der Waals surface area contributed by atoms with Crippen molar-refractivity contribution in [1.29, 1.82) is 0 Å². The van der Waals surface area contributed by atoms with Crippen LogP contribution in [0, 0.1) is 30.9 Å². The fraction of sp³-hybridized carbons (Fsp3) is 0.118. The second-order valence-corrected chi connectivity index (χ2v) is 25.9. The third kappa shape index (κ3) is 40.9. The molecule has 520 valence electrons. The lowest BCUT2D eigenvalue weighted by Gasteiger charge is -2.03. The Morgan fingerprint density at radius 3 is 1.78 bits per heavy atom. The minimum atomic E-state index is -4.67. The molecule has 0 aliphatic heterocycles. The molecular formula is C51H60Br3Cl5N21O14PS. The molecule has 2 aromatic carbocycles. The molecule has 12 rings (SSSR count). The number of H-pyrrole nitrogens is 8. The van der Waals surface area contributed by atoms with E-state index in [2.05, 4.69) is 175 Å². The highest BCUT2D eigenvalue weighted by Crippen LogP contribution is 2.61. The summed E-state index contributed by atoms with van der Waals surface area (Å²) in [5.74, 6) is 1.39. The number of ether oxygens (including phenoxy) is 2. The number of halogens is 8. The van der Waals surface area contributed by atoms with E-state index < -0.39 is 20.5 Å². The Morgan fingerprint density at radius 2 is 1.32 bits per heavy atom. The van der Waals surface area contributed by atoms with E-state index in [1.807, 2.05) is 93.6 Å². The van der Waals surface area contributed by atoms with Crippen LogP contribution in [0.3, 0.4) is 0 Å². The number of esters is 1. The smallest absolute Gasteiger partial charge is 0.394 e. The summed E-state index contributed by atoms with van der Waals surface area (Å²) in [6.45, 7) is 9.57. The number of benzene rings is 2. The van der Waals surface area contributed by atoms with Gasteiger partial charge in [-0.2, -0.15) is 44.1 Å². The van der Waals surface area contributed by atoms with Crippen molar-refractivity contribution in [1.82, 2.24) is 92.0 Å². The molecule has 0 fully saturated rings. The van der Waals surface area contributed by atoms with E-state index in [0.717, 1.165) is 72.8 Å². The summed E-state index contributed by atoms with van der Waals surface area (Å²) in [5, 5.41) is 69.2. The number of aromatic amines is 8. The van der Waals surface area contributed by atoms with Crippen molar-refractivity contribution in [2.24, 2.45) is 0 Å². The number of anilines is 2. The van der Waals surface area contributed by atoms with Crippen LogP contribution in [0.1, 0.15) is 32.4 Å². The first kappa shape index (κ1) is 85.8. The third-order valence-corrected chi connectivity index (χ3v) is 10.6. The number of para-hydroxylation sites is 2. The zero-order chi connectivity index (χ0) is 72.1. The molecule has 0 aliphatic rings. The summed E-state index contributed by atoms with van der Waals surface area (Å²) >= 11 is 34.5. The van der Waals surface area contributed by atoms with Crippen molar-refractivity contribution in [2.45, 2.75) is 34.6 Å². The van der Waals surface area contributed by atoms with Crippen molar-refractivity contribution in [3.63, 3.8) is 0 Å². The average molecular weight is 1670 g/mol. The first-order chi connectivity index (χ1) is 45.5. The molecule has 96 heavy (non-hydrogen) atoms. The number of hydrogen-bond donors (Lipinski definition) is 15. The molecule has 35 nitrogen and oxygen atoms in total. The second kappa shape index (κ2) is 48.5. The molecule has 0 saturated carbocycles. The average Bonchev–Trinajstić information content (AvgIpc) is 1.74. The van der Waals surface area contributed by atoms with E-state index in [1.165, 1.54) is 12.3 Å². The van der Waals surface area contributed by atoms with Crippen LogP contribution in [0.2, 0.25) is 10.0 Å². The highest BCUT2D eigenvalue weighted by atomic mass is 80.9. The van der Waals surface area contributed by atoms with Gasteiger partial charge in [-0.1, -0.05) is 59.6 Å². The molecule has 0 atom stereocenters. The van der Waals surface area contributed by atoms with E-state index in [9.17, 15) is 24.3 Å². The summed E-state index contributed by atoms with van der Waals surface area (Å²) in [6.07, 6.45) is 17.0. The van der Waals surface area contributed by atoms with Crippen LogP contribution in [0.15, 0.2) is 168 Å². The quantitative estimate of drug-likeness (QED) is 0.0128. The summed E-state index contributed by atoms with van der Waals surface area (Å²) < 4.78 is 52.2. The number of nitrogens with one attached hydrogen (secondary N) is 10. The van der Waals surface area contributed by atoms with Gasteiger partial charge in [-0.15, -0.1) is 4.99 Å². The van der Waals surface area contributed by atoms with Gasteiger partial charge in [-0.25, -0.2) is 20.0 Å². The van der Waals surface area contributed by atoms with E-state index in [4.69, 9.17) is 66.4 Å². The van der Waals surface area contributed by atoms with Crippen molar-refractivity contribution in [3.05, 3.63) is 211 Å². The topological polar surface area (TPSA) is 530 Å². The van der Waals surface area contributed by atoms with Crippen molar-refractivity contribution in [2.75, 3.05) is 17.7 Å². The van der Waals surface area contributed by atoms with Gasteiger partial charge >= 0.3 is 27.3 Å². The number of carbonyl (C=O) groups is 1. The Morgan fingerprint density at radius 1 is 0.781 bits per heavy atom. The maximum absolute atomic E-state index is 11.2. The number of fused-ring (bicyclic) bond motifs is 3. The molecule has 45 heteroatoms. The van der Waals surface area contributed by atoms with Gasteiger partial charge in [0.05, 0.1) is 69.5 Å². The van der Waals surface area contributed by atoms with Crippen molar-refractivity contribution in [3.8, 4) is 11.5 Å². The van der Waals surface area contributed by atoms with Gasteiger partial charge in [-0.05, 0) is 132 Å². The lowest BCUT2D eigenvalue weighted by atomic mass is 10.3. The normalized spacial score (nSPS) is 10.0. The molecule has 0 saturated heterocycles. The molecule has 0 spiro atoms. The molecule has 16 N–H and O–H groups in total. The number of aryl methyl sites for hydroxylation is 3. The van der Waals surface area contributed by atoms with Gasteiger partial charge in [0.25, 0.3) is 0 Å². The summed E-state index contributed by atoms with van der Waals surface area (Å²) in [6, 6.07) is 26.5. The van der Waals surface area contributed by atoms with Gasteiger partial charge in [0.2, 0.25) is 5.43 Å². The standard InChI is InChI=1S/C12H10O.C9H13N3O2.C7H5BrClN3.C7H6ClN3.C7H7N3O.C3H3N3O2.C3H5N3.C3H4N2.Br2.Cl3OP.H3NO3.H2O4S.H2/c1-3-7-11(8-4-1)13-12-9-5-2-6-10-12;1-3-14-9(13)4-7(2)12-8-5-10-11-6-8;1-3-2-4(9)5-6(10-3)7(8)12-11-5;1-4-2-5(8)7-6(10-4)3-9-11-7;1-4-2-6(11)7-5(9-4)3-8-10-7;7-6(8)3-1-4-5-2-3;4-3-1-5-6-2-3;1-2-4-5-3-1;1-2;1-5(2,3)4;2-1-4-3;1-5(2,3)4;/h1-10H;4-6,12H,3H2,1-2H3,(H,10,11);2H,1H3,(H,11,12);2-3H,1H3,(H,9,11);2-3H,1H3,(H,8,10)(H,9,11);1-2H,(H,4,5);1-2H,4H2,(H,5,6);1-3H,(H,4,5);;;1-3H;(H2,1,2,3,4);1H/b;7-4+;;;;;;;;;;;. The van der Waals surface area contributed by atoms with E-state index in [1.54, 1.807) is 75.6 Å². The Hall–Kier alpha value is -8.22. The minimum absolute atomic E-state index is 0. The van der Waals surface area contributed by atoms with Crippen LogP contribution >= 0.6 is 106 Å². The number of rotatable bonds is 8. The predicted molar refractivity (Wildman–Crippen MR) is 377 cm³/mol. The Balaban J connectivity index is 0.00000106. The van der Waals surface area contributed by atoms with Gasteiger partial charge in [0.1, 0.15) is 49.9 Å². The van der Waals surface area contributed by atoms with Crippen LogP contribution in [-0.4, -0.2) is 132 Å². The molecule has 0 amide bonds. The molecule has 10 heterocycles. The fourth-order valence-corrected chi connectivity index (χ4v) is 6.98. The number of allylic oxidation sites excluding steroid dienone is 1. The first-order valence-corrected chi connectivity index (χ1v) is 36.7. The zero-order valence-electron chi connectivity index (χ0n) is 49.9. The number of pyridine rings is 3. The van der Waals surface area contributed by atoms with E-state index >= 15 is 0 Å². The molecule has 0 unspecified atom stereocenters. The number of nitro groups is 1. The Bertz CT molecular complexity index is 4240. The van der Waals surface area contributed by atoms with Gasteiger partial charge in [-0.3, -0.25) is 69.5 Å². The van der Waals surface area contributed by atoms with Crippen LogP contribution in [-0.2, 0) is 29.5 Å². The monoisotopic (exact) mass is 1670 g/mol. The highest BCUT2D eigenvalue weighted by Gasteiger charge is 2.09. The van der Waals surface area contributed by atoms with Crippen LogP contribution < -0.4 is 26.9 Å². The molecule has 0 radical (unpaired) electrons. The highest BCUT2D eigenvalue weighted by molar-refractivity contribution is 9.93. The summed E-state index contributed by atoms with van der Waals surface area (Å²) in [7, 11) is -4.67. The zero-order valence-corrected chi connectivity index (χ0v) is 60.2. The number of hydrogen-bond acceptors (Lipinski definition) is 24. The molecule has 10 aromatic heterocycles. The van der Waals surface area contributed by atoms with Gasteiger partial charge in [0.15, 0.2) is 0 Å². The van der Waals surface area contributed by atoms with E-state index in [0.29, 0.717) is 39.1 Å². The van der Waals surface area contributed by atoms with Gasteiger partial charge in [0, 0.05) is 89.4 Å². The lowest BCUT2D eigenvalue weighted by molar-refractivity contribution is -0.384. The van der Waals surface area contributed by atoms with Crippen molar-refractivity contribution < 1.29 is 58.2 Å². The van der Waals surface area contributed by atoms with Gasteiger partial charge < -0.3 is 25.5 Å². The van der Waals surface area contributed by atoms with E-state index in [-0.39, 0.29) is 18.5 Å². The van der Waals surface area contributed by atoms with Crippen LogP contribution in [0.25, 0.3) is 33.1 Å². The largest absolute Gasteiger partial charge is 0.463 e. The maximum atomic E-state index is 11.2. The summed E-state index contributed by atoms with van der Waals surface area (Å²) in [4.78, 5) is 45.8. The Kier molecular flexibility index (Phi) is 43.3. The number of nitrogen functional groups attached to an aromatic ring is 1. The van der Waals surface area contributed by atoms with Crippen molar-refractivity contribution >= 4 is 173 Å². The second-order valence-electron chi connectivity index (χ2n) is 16.8. The Labute approximate surface area is 593 Å². The number of aromatic nitrogens is 17. The van der Waals surface area contributed by atoms with Crippen LogP contribution in [0.4, 0.5) is 17.1 Å². The molecular weight excluding hydrogens is 1610 g/mol. The number of carbonyl (C=O) groups excluding carboxylic acids is 1. The lowest BCUT2D eigenvalue weighted by Crippen LogP contribution is -2.03. The number of nitrogens with two attached hydrogens (primary N) is 1.